The van der Waals surface area contributed by atoms with E-state index in [0.29, 0.717) is 28.8 Å². The van der Waals surface area contributed by atoms with Crippen LogP contribution in [0.2, 0.25) is 10.0 Å². The molecule has 1 rings (SSSR count). The van der Waals surface area contributed by atoms with Crippen molar-refractivity contribution in [1.82, 2.24) is 4.90 Å². The maximum absolute atomic E-state index is 12.3. The second-order valence-electron chi connectivity index (χ2n) is 4.26. The molecule has 1 amide bonds. The normalized spacial score (nSPS) is 10.5. The molecule has 0 aliphatic rings. The number of hydrogen-bond donors (Lipinski definition) is 1. The Hall–Kier alpha value is -2.22. The molecule has 0 radical (unpaired) electrons. The fraction of sp³-hybridized carbons (Fsp3) is 0.125. The SMILES string of the molecule is C=CCN(CC=C)C(=O)/C(C#N)=C\Nc1cc(Cl)cc(Cl)c1. The molecule has 0 unspecified atom stereocenters. The molecule has 0 fully saturated rings. The Morgan fingerprint density at radius 1 is 1.23 bits per heavy atom. The zero-order valence-electron chi connectivity index (χ0n) is 11.9. The standard InChI is InChI=1S/C16H15Cl2N3O/c1-3-5-21(6-4-2)16(22)12(10-19)11-20-15-8-13(17)7-14(18)9-15/h3-4,7-9,11,20H,1-2,5-6H2/b12-11-. The van der Waals surface area contributed by atoms with E-state index in [4.69, 9.17) is 28.5 Å². The van der Waals surface area contributed by atoms with Crippen LogP contribution in [0.15, 0.2) is 55.3 Å². The predicted molar refractivity (Wildman–Crippen MR) is 90.8 cm³/mol. The van der Waals surface area contributed by atoms with Gasteiger partial charge < -0.3 is 10.2 Å². The van der Waals surface area contributed by atoms with Crippen LogP contribution in [0.5, 0.6) is 0 Å². The van der Waals surface area contributed by atoms with Crippen molar-refractivity contribution in [1.29, 1.82) is 5.26 Å². The van der Waals surface area contributed by atoms with Gasteiger partial charge in [0.25, 0.3) is 5.91 Å². The van der Waals surface area contributed by atoms with Crippen LogP contribution >= 0.6 is 23.2 Å². The first-order chi connectivity index (χ1) is 10.5. The van der Waals surface area contributed by atoms with Crippen molar-refractivity contribution in [2.24, 2.45) is 0 Å². The number of rotatable bonds is 7. The average Bonchev–Trinajstić information content (AvgIpc) is 2.46. The van der Waals surface area contributed by atoms with Crippen molar-refractivity contribution in [2.45, 2.75) is 0 Å². The van der Waals surface area contributed by atoms with Crippen molar-refractivity contribution in [2.75, 3.05) is 18.4 Å². The number of amides is 1. The summed E-state index contributed by atoms with van der Waals surface area (Å²) in [6.45, 7) is 7.83. The summed E-state index contributed by atoms with van der Waals surface area (Å²) < 4.78 is 0. The lowest BCUT2D eigenvalue weighted by molar-refractivity contribution is -0.125. The van der Waals surface area contributed by atoms with E-state index >= 15 is 0 Å². The summed E-state index contributed by atoms with van der Waals surface area (Å²) >= 11 is 11.8. The van der Waals surface area contributed by atoms with Gasteiger partial charge in [0, 0.05) is 35.0 Å². The molecule has 0 aliphatic carbocycles. The largest absolute Gasteiger partial charge is 0.360 e. The van der Waals surface area contributed by atoms with Gasteiger partial charge in [-0.1, -0.05) is 35.4 Å². The zero-order valence-corrected chi connectivity index (χ0v) is 13.4. The van der Waals surface area contributed by atoms with E-state index in [0.717, 1.165) is 0 Å². The quantitative estimate of drug-likeness (QED) is 0.465. The molecule has 4 nitrogen and oxygen atoms in total. The Balaban J connectivity index is 2.94. The molecule has 1 aromatic carbocycles. The number of benzene rings is 1. The van der Waals surface area contributed by atoms with Gasteiger partial charge in [-0.05, 0) is 18.2 Å². The van der Waals surface area contributed by atoms with Crippen LogP contribution in [-0.4, -0.2) is 23.9 Å². The van der Waals surface area contributed by atoms with Gasteiger partial charge in [0.1, 0.15) is 11.6 Å². The molecule has 0 spiro atoms. The van der Waals surface area contributed by atoms with Crippen LogP contribution < -0.4 is 5.32 Å². The molecule has 0 atom stereocenters. The van der Waals surface area contributed by atoms with Crippen molar-refractivity contribution >= 4 is 34.8 Å². The van der Waals surface area contributed by atoms with Crippen molar-refractivity contribution in [3.8, 4) is 6.07 Å². The summed E-state index contributed by atoms with van der Waals surface area (Å²) in [4.78, 5) is 13.7. The highest BCUT2D eigenvalue weighted by atomic mass is 35.5. The molecule has 0 aromatic heterocycles. The van der Waals surface area contributed by atoms with Gasteiger partial charge >= 0.3 is 0 Å². The van der Waals surface area contributed by atoms with Gasteiger partial charge in [-0.2, -0.15) is 5.26 Å². The lowest BCUT2D eigenvalue weighted by Crippen LogP contribution is -2.32. The average molecular weight is 336 g/mol. The number of nitrogens with one attached hydrogen (secondary N) is 1. The Kier molecular flexibility index (Phi) is 7.24. The third-order valence-corrected chi connectivity index (χ3v) is 3.02. The number of halogens is 2. The molecule has 0 heterocycles. The topological polar surface area (TPSA) is 56.1 Å². The lowest BCUT2D eigenvalue weighted by Gasteiger charge is -2.18. The van der Waals surface area contributed by atoms with E-state index in [1.165, 1.54) is 11.1 Å². The Morgan fingerprint density at radius 2 is 1.77 bits per heavy atom. The van der Waals surface area contributed by atoms with E-state index in [1.54, 1.807) is 30.4 Å². The van der Waals surface area contributed by atoms with Crippen LogP contribution in [0.3, 0.4) is 0 Å². The van der Waals surface area contributed by atoms with Gasteiger partial charge in [-0.3, -0.25) is 4.79 Å². The monoisotopic (exact) mass is 335 g/mol. The molecule has 1 N–H and O–H groups in total. The van der Waals surface area contributed by atoms with E-state index in [2.05, 4.69) is 18.5 Å². The van der Waals surface area contributed by atoms with Crippen LogP contribution in [-0.2, 0) is 4.79 Å². The third kappa shape index (κ3) is 5.28. The number of nitriles is 1. The van der Waals surface area contributed by atoms with Crippen molar-refractivity contribution in [3.63, 3.8) is 0 Å². The predicted octanol–water partition coefficient (Wildman–Crippen LogP) is 4.01. The maximum Gasteiger partial charge on any atom is 0.266 e. The Labute approximate surface area is 139 Å². The minimum atomic E-state index is -0.414. The first kappa shape index (κ1) is 17.8. The van der Waals surface area contributed by atoms with Crippen LogP contribution in [0, 0.1) is 11.3 Å². The summed E-state index contributed by atoms with van der Waals surface area (Å²) in [7, 11) is 0. The Morgan fingerprint density at radius 3 is 2.23 bits per heavy atom. The fourth-order valence-corrected chi connectivity index (χ4v) is 2.18. The minimum Gasteiger partial charge on any atom is -0.360 e. The Bertz CT molecular complexity index is 617. The number of carbonyl (C=O) groups excluding carboxylic acids is 1. The van der Waals surface area contributed by atoms with Crippen LogP contribution in [0.25, 0.3) is 0 Å². The summed E-state index contributed by atoms with van der Waals surface area (Å²) in [5.74, 6) is -0.414. The molecule has 6 heteroatoms. The smallest absolute Gasteiger partial charge is 0.266 e. The fourth-order valence-electron chi connectivity index (χ4n) is 1.66. The minimum absolute atomic E-state index is 0.0419. The summed E-state index contributed by atoms with van der Waals surface area (Å²) in [5.41, 5.74) is 0.539. The molecule has 0 aliphatic heterocycles. The van der Waals surface area contributed by atoms with E-state index in [-0.39, 0.29) is 5.57 Å². The summed E-state index contributed by atoms with van der Waals surface area (Å²) in [6, 6.07) is 6.73. The van der Waals surface area contributed by atoms with E-state index < -0.39 is 5.91 Å². The molecular weight excluding hydrogens is 321 g/mol. The molecule has 0 bridgehead atoms. The highest BCUT2D eigenvalue weighted by molar-refractivity contribution is 6.35. The second kappa shape index (κ2) is 8.93. The first-order valence-electron chi connectivity index (χ1n) is 6.35. The number of anilines is 1. The van der Waals surface area contributed by atoms with Crippen molar-refractivity contribution in [3.05, 3.63) is 65.3 Å². The van der Waals surface area contributed by atoms with Gasteiger partial charge in [0.15, 0.2) is 0 Å². The number of hydrogen-bond acceptors (Lipinski definition) is 3. The molecule has 0 saturated carbocycles. The molecule has 1 aromatic rings. The maximum atomic E-state index is 12.3. The highest BCUT2D eigenvalue weighted by Gasteiger charge is 2.16. The molecule has 0 saturated heterocycles. The van der Waals surface area contributed by atoms with Crippen LogP contribution in [0.4, 0.5) is 5.69 Å². The zero-order chi connectivity index (χ0) is 16.5. The second-order valence-corrected chi connectivity index (χ2v) is 5.13. The molecule has 114 valence electrons. The van der Waals surface area contributed by atoms with Gasteiger partial charge in [0.2, 0.25) is 0 Å². The molecular formula is C16H15Cl2N3O. The van der Waals surface area contributed by atoms with Gasteiger partial charge in [0.05, 0.1) is 0 Å². The van der Waals surface area contributed by atoms with Gasteiger partial charge in [-0.15, -0.1) is 13.2 Å². The first-order valence-corrected chi connectivity index (χ1v) is 7.11. The summed E-state index contributed by atoms with van der Waals surface area (Å²) in [6.07, 6.45) is 4.49. The summed E-state index contributed by atoms with van der Waals surface area (Å²) in [5, 5.41) is 12.9. The highest BCUT2D eigenvalue weighted by Crippen LogP contribution is 2.22. The molecule has 22 heavy (non-hydrogen) atoms. The van der Waals surface area contributed by atoms with Gasteiger partial charge in [-0.25, -0.2) is 0 Å². The van der Waals surface area contributed by atoms with Crippen LogP contribution in [0.1, 0.15) is 0 Å². The van der Waals surface area contributed by atoms with Crippen molar-refractivity contribution < 1.29 is 4.79 Å². The third-order valence-electron chi connectivity index (χ3n) is 2.58. The van der Waals surface area contributed by atoms with E-state index in [1.807, 2.05) is 6.07 Å². The number of carbonyl (C=O) groups is 1. The van der Waals surface area contributed by atoms with E-state index in [9.17, 15) is 4.79 Å². The number of nitrogens with zero attached hydrogens (tertiary/aromatic N) is 2. The lowest BCUT2D eigenvalue weighted by atomic mass is 10.2.